The van der Waals surface area contributed by atoms with Crippen LogP contribution in [0.5, 0.6) is 0 Å². The summed E-state index contributed by atoms with van der Waals surface area (Å²) in [6.07, 6.45) is 4.18. The second kappa shape index (κ2) is 10.0. The summed E-state index contributed by atoms with van der Waals surface area (Å²) in [4.78, 5) is 25.9. The molecule has 1 fully saturated rings. The number of hydrogen-bond acceptors (Lipinski definition) is 6. The molecule has 1 aliphatic rings. The molecule has 1 aromatic rings. The largest absolute Gasteiger partial charge is 0.452 e. The minimum absolute atomic E-state index is 0.0151. The van der Waals surface area contributed by atoms with Crippen LogP contribution in [0.1, 0.15) is 42.5 Å². The Kier molecular flexibility index (Phi) is 7.76. The number of esters is 1. The number of rotatable bonds is 7. The lowest BCUT2D eigenvalue weighted by Gasteiger charge is -2.19. The molecule has 0 atom stereocenters. The molecule has 0 spiro atoms. The van der Waals surface area contributed by atoms with E-state index in [-0.39, 0.29) is 35.9 Å². The zero-order valence-corrected chi connectivity index (χ0v) is 15.8. The topological polar surface area (TPSA) is 117 Å². The minimum Gasteiger partial charge on any atom is -0.452 e. The molecule has 1 aliphatic heterocycles. The van der Waals surface area contributed by atoms with Crippen LogP contribution in [0, 0.1) is 11.3 Å². The molecule has 1 heterocycles. The molecular formula is C18H23N3O5S. The van der Waals surface area contributed by atoms with Gasteiger partial charge in [-0.25, -0.2) is 17.9 Å². The van der Waals surface area contributed by atoms with Gasteiger partial charge < -0.3 is 9.64 Å². The number of sulfonamides is 1. The Morgan fingerprint density at radius 3 is 2.33 bits per heavy atom. The number of carbonyl (C=O) groups excluding carboxylic acids is 2. The quantitative estimate of drug-likeness (QED) is 0.553. The van der Waals surface area contributed by atoms with Crippen molar-refractivity contribution >= 4 is 21.9 Å². The summed E-state index contributed by atoms with van der Waals surface area (Å²) in [6.45, 7) is 1.05. The molecule has 0 radical (unpaired) electrons. The van der Waals surface area contributed by atoms with Crippen LogP contribution in [0.3, 0.4) is 0 Å². The molecule has 2 rings (SSSR count). The third-order valence-electron chi connectivity index (χ3n) is 4.21. The van der Waals surface area contributed by atoms with Crippen molar-refractivity contribution in [2.75, 3.05) is 26.2 Å². The molecule has 0 saturated carbocycles. The molecule has 146 valence electrons. The van der Waals surface area contributed by atoms with Crippen LogP contribution in [-0.2, 0) is 19.6 Å². The van der Waals surface area contributed by atoms with Crippen molar-refractivity contribution in [3.63, 3.8) is 0 Å². The Balaban J connectivity index is 1.89. The first-order valence-electron chi connectivity index (χ1n) is 8.85. The number of benzene rings is 1. The highest BCUT2D eigenvalue weighted by atomic mass is 32.2. The van der Waals surface area contributed by atoms with Crippen LogP contribution >= 0.6 is 0 Å². The molecule has 0 bridgehead atoms. The third kappa shape index (κ3) is 6.34. The van der Waals surface area contributed by atoms with Gasteiger partial charge in [0.2, 0.25) is 10.0 Å². The maximum absolute atomic E-state index is 12.1. The molecule has 0 aliphatic carbocycles. The van der Waals surface area contributed by atoms with Crippen LogP contribution in [0.4, 0.5) is 0 Å². The molecule has 1 amide bonds. The Bertz CT molecular complexity index is 791. The Hall–Kier alpha value is -2.44. The van der Waals surface area contributed by atoms with Gasteiger partial charge in [-0.3, -0.25) is 4.79 Å². The van der Waals surface area contributed by atoms with Crippen LogP contribution in [0.2, 0.25) is 0 Å². The lowest BCUT2D eigenvalue weighted by atomic mass is 10.2. The average molecular weight is 393 g/mol. The van der Waals surface area contributed by atoms with Crippen LogP contribution in [0.25, 0.3) is 0 Å². The fraction of sp³-hybridized carbons (Fsp3) is 0.500. The highest BCUT2D eigenvalue weighted by molar-refractivity contribution is 7.89. The van der Waals surface area contributed by atoms with E-state index < -0.39 is 16.0 Å². The van der Waals surface area contributed by atoms with E-state index in [9.17, 15) is 18.0 Å². The monoisotopic (exact) mass is 393 g/mol. The van der Waals surface area contributed by atoms with E-state index in [4.69, 9.17) is 10.00 Å². The summed E-state index contributed by atoms with van der Waals surface area (Å²) in [7, 11) is -3.73. The normalized spacial score (nSPS) is 14.9. The van der Waals surface area contributed by atoms with Gasteiger partial charge in [0, 0.05) is 26.1 Å². The number of nitriles is 1. The zero-order chi connectivity index (χ0) is 19.7. The number of hydrogen-bond donors (Lipinski definition) is 1. The first-order valence-corrected chi connectivity index (χ1v) is 10.3. The molecule has 0 unspecified atom stereocenters. The van der Waals surface area contributed by atoms with E-state index in [2.05, 4.69) is 4.72 Å². The van der Waals surface area contributed by atoms with Gasteiger partial charge >= 0.3 is 5.97 Å². The van der Waals surface area contributed by atoms with Gasteiger partial charge in [-0.05, 0) is 37.1 Å². The predicted octanol–water partition coefficient (Wildman–Crippen LogP) is 1.44. The molecular weight excluding hydrogens is 370 g/mol. The van der Waals surface area contributed by atoms with Crippen molar-refractivity contribution in [2.45, 2.75) is 37.0 Å². The third-order valence-corrected chi connectivity index (χ3v) is 5.69. The smallest absolute Gasteiger partial charge is 0.338 e. The van der Waals surface area contributed by atoms with E-state index in [1.165, 1.54) is 24.3 Å². The van der Waals surface area contributed by atoms with Crippen LogP contribution < -0.4 is 4.72 Å². The van der Waals surface area contributed by atoms with Gasteiger partial charge in [0.15, 0.2) is 6.61 Å². The number of nitrogens with one attached hydrogen (secondary N) is 1. The van der Waals surface area contributed by atoms with Gasteiger partial charge in [-0.1, -0.05) is 12.8 Å². The van der Waals surface area contributed by atoms with Gasteiger partial charge in [-0.2, -0.15) is 5.26 Å². The van der Waals surface area contributed by atoms with E-state index >= 15 is 0 Å². The summed E-state index contributed by atoms with van der Waals surface area (Å²) in [5, 5.41) is 8.45. The predicted molar refractivity (Wildman–Crippen MR) is 97.2 cm³/mol. The van der Waals surface area contributed by atoms with Gasteiger partial charge in [0.05, 0.1) is 16.5 Å². The highest BCUT2D eigenvalue weighted by Crippen LogP contribution is 2.13. The Labute approximate surface area is 159 Å². The second-order valence-electron chi connectivity index (χ2n) is 6.20. The molecule has 8 nitrogen and oxygen atoms in total. The number of amides is 1. The number of nitrogens with zero attached hydrogens (tertiary/aromatic N) is 2. The molecule has 27 heavy (non-hydrogen) atoms. The average Bonchev–Trinajstić information content (AvgIpc) is 2.95. The van der Waals surface area contributed by atoms with Crippen LogP contribution in [0.15, 0.2) is 29.2 Å². The van der Waals surface area contributed by atoms with E-state index in [1.807, 2.05) is 6.07 Å². The van der Waals surface area contributed by atoms with E-state index in [0.717, 1.165) is 25.7 Å². The maximum Gasteiger partial charge on any atom is 0.338 e. The van der Waals surface area contributed by atoms with E-state index in [1.54, 1.807) is 4.90 Å². The van der Waals surface area contributed by atoms with E-state index in [0.29, 0.717) is 13.1 Å². The molecule has 1 N–H and O–H groups in total. The summed E-state index contributed by atoms with van der Waals surface area (Å²) in [6, 6.07) is 7.07. The standard InChI is InChI=1S/C18H23N3O5S/c19-10-5-11-20-27(24,25)16-8-6-15(7-9-16)18(23)26-14-17(22)21-12-3-1-2-4-13-21/h6-9,20H,1-5,11-14H2. The maximum atomic E-state index is 12.1. The SMILES string of the molecule is N#CCCNS(=O)(=O)c1ccc(C(=O)OCC(=O)N2CCCCCC2)cc1. The van der Waals surface area contributed by atoms with Crippen molar-refractivity contribution in [3.05, 3.63) is 29.8 Å². The van der Waals surface area contributed by atoms with Crippen LogP contribution in [-0.4, -0.2) is 51.4 Å². The van der Waals surface area contributed by atoms with Gasteiger partial charge in [-0.15, -0.1) is 0 Å². The van der Waals surface area contributed by atoms with Crippen molar-refractivity contribution in [1.29, 1.82) is 5.26 Å². The number of ether oxygens (including phenoxy) is 1. The summed E-state index contributed by atoms with van der Waals surface area (Å²) in [5.41, 5.74) is 0.162. The molecule has 9 heteroatoms. The Morgan fingerprint density at radius 1 is 1.11 bits per heavy atom. The number of likely N-dealkylation sites (tertiary alicyclic amines) is 1. The lowest BCUT2D eigenvalue weighted by molar-refractivity contribution is -0.134. The molecule has 1 saturated heterocycles. The zero-order valence-electron chi connectivity index (χ0n) is 15.0. The van der Waals surface area contributed by atoms with Crippen molar-refractivity contribution < 1.29 is 22.7 Å². The fourth-order valence-electron chi connectivity index (χ4n) is 2.72. The summed E-state index contributed by atoms with van der Waals surface area (Å²) in [5.74, 6) is -0.897. The van der Waals surface area contributed by atoms with Crippen molar-refractivity contribution in [1.82, 2.24) is 9.62 Å². The summed E-state index contributed by atoms with van der Waals surface area (Å²) >= 11 is 0. The van der Waals surface area contributed by atoms with Gasteiger partial charge in [0.1, 0.15) is 0 Å². The lowest BCUT2D eigenvalue weighted by Crippen LogP contribution is -2.35. The second-order valence-corrected chi connectivity index (χ2v) is 7.97. The number of carbonyl (C=O) groups is 2. The molecule has 1 aromatic carbocycles. The minimum atomic E-state index is -3.73. The first kappa shape index (κ1) is 20.9. The van der Waals surface area contributed by atoms with Gasteiger partial charge in [0.25, 0.3) is 5.91 Å². The fourth-order valence-corrected chi connectivity index (χ4v) is 3.75. The summed E-state index contributed by atoms with van der Waals surface area (Å²) < 4.78 is 31.4. The Morgan fingerprint density at radius 2 is 1.74 bits per heavy atom. The van der Waals surface area contributed by atoms with Crippen molar-refractivity contribution in [2.24, 2.45) is 0 Å². The highest BCUT2D eigenvalue weighted by Gasteiger charge is 2.19. The van der Waals surface area contributed by atoms with Crippen molar-refractivity contribution in [3.8, 4) is 6.07 Å². The molecule has 0 aromatic heterocycles. The first-order chi connectivity index (χ1) is 12.9.